The van der Waals surface area contributed by atoms with E-state index in [2.05, 4.69) is 31.8 Å². The van der Waals surface area contributed by atoms with E-state index in [4.69, 9.17) is 9.47 Å². The third kappa shape index (κ3) is 5.35. The van der Waals surface area contributed by atoms with Gasteiger partial charge in [-0.3, -0.25) is 0 Å². The number of rotatable bonds is 9. The van der Waals surface area contributed by atoms with E-state index in [1.54, 1.807) is 7.11 Å². The van der Waals surface area contributed by atoms with Crippen LogP contribution in [0.25, 0.3) is 0 Å². The third-order valence-electron chi connectivity index (χ3n) is 3.20. The minimum Gasteiger partial charge on any atom is -0.493 e. The van der Waals surface area contributed by atoms with E-state index in [9.17, 15) is 0 Å². The third-order valence-corrected chi connectivity index (χ3v) is 3.20. The van der Waals surface area contributed by atoms with Crippen molar-refractivity contribution in [3.63, 3.8) is 0 Å². The van der Waals surface area contributed by atoms with Crippen LogP contribution in [0.4, 0.5) is 0 Å². The summed E-state index contributed by atoms with van der Waals surface area (Å²) in [6.45, 7) is 9.83. The Morgan fingerprint density at radius 3 is 2.79 bits per heavy atom. The van der Waals surface area contributed by atoms with Crippen molar-refractivity contribution in [2.45, 2.75) is 32.7 Å². The summed E-state index contributed by atoms with van der Waals surface area (Å²) in [6, 6.07) is 6.69. The van der Waals surface area contributed by atoms with Gasteiger partial charge in [-0.2, -0.15) is 0 Å². The van der Waals surface area contributed by atoms with Gasteiger partial charge in [0.25, 0.3) is 0 Å². The molecule has 1 aromatic rings. The first-order chi connectivity index (χ1) is 9.21. The number of nitrogens with two attached hydrogens (primary N) is 1. The summed E-state index contributed by atoms with van der Waals surface area (Å²) >= 11 is 0. The SMILES string of the molecule is C=CCc1ccc(OCC[NH2+][C@H](C)CC)c(OC)c1. The molecule has 0 aliphatic carbocycles. The molecule has 106 valence electrons. The lowest BCUT2D eigenvalue weighted by Gasteiger charge is -2.12. The quantitative estimate of drug-likeness (QED) is 0.548. The molecule has 1 aromatic carbocycles. The topological polar surface area (TPSA) is 35.1 Å². The first-order valence-electron chi connectivity index (χ1n) is 6.95. The van der Waals surface area contributed by atoms with Gasteiger partial charge in [0.2, 0.25) is 0 Å². The lowest BCUT2D eigenvalue weighted by atomic mass is 10.1. The molecular formula is C16H26NO2+. The average molecular weight is 264 g/mol. The second-order valence-electron chi connectivity index (χ2n) is 4.74. The summed E-state index contributed by atoms with van der Waals surface area (Å²) in [6.07, 6.45) is 3.91. The number of hydrogen-bond donors (Lipinski definition) is 1. The molecule has 0 heterocycles. The fourth-order valence-corrected chi connectivity index (χ4v) is 1.81. The van der Waals surface area contributed by atoms with Gasteiger partial charge in [-0.05, 0) is 37.5 Å². The zero-order chi connectivity index (χ0) is 14.1. The van der Waals surface area contributed by atoms with Gasteiger partial charge in [-0.25, -0.2) is 0 Å². The Kier molecular flexibility index (Phi) is 7.04. The summed E-state index contributed by atoms with van der Waals surface area (Å²) < 4.78 is 11.1. The lowest BCUT2D eigenvalue weighted by Crippen LogP contribution is -2.90. The number of allylic oxidation sites excluding steroid dienone is 1. The number of methoxy groups -OCH3 is 1. The van der Waals surface area contributed by atoms with E-state index in [0.717, 1.165) is 24.5 Å². The molecule has 0 aliphatic heterocycles. The maximum Gasteiger partial charge on any atom is 0.161 e. The molecule has 19 heavy (non-hydrogen) atoms. The summed E-state index contributed by atoms with van der Waals surface area (Å²) in [5, 5.41) is 2.30. The summed E-state index contributed by atoms with van der Waals surface area (Å²) in [5.41, 5.74) is 1.19. The summed E-state index contributed by atoms with van der Waals surface area (Å²) in [7, 11) is 1.67. The van der Waals surface area contributed by atoms with Gasteiger partial charge in [0.1, 0.15) is 13.2 Å². The molecule has 0 aliphatic rings. The van der Waals surface area contributed by atoms with Gasteiger partial charge in [0.15, 0.2) is 11.5 Å². The maximum atomic E-state index is 5.77. The van der Waals surface area contributed by atoms with Crippen LogP contribution in [0.1, 0.15) is 25.8 Å². The Morgan fingerprint density at radius 2 is 2.16 bits per heavy atom. The van der Waals surface area contributed by atoms with Crippen LogP contribution in [0.2, 0.25) is 0 Å². The van der Waals surface area contributed by atoms with Gasteiger partial charge in [0.05, 0.1) is 13.2 Å². The molecule has 0 unspecified atom stereocenters. The molecule has 3 heteroatoms. The Hall–Kier alpha value is -1.48. The molecule has 0 radical (unpaired) electrons. The molecule has 0 bridgehead atoms. The van der Waals surface area contributed by atoms with Crippen molar-refractivity contribution in [2.75, 3.05) is 20.3 Å². The van der Waals surface area contributed by atoms with Crippen molar-refractivity contribution >= 4 is 0 Å². The van der Waals surface area contributed by atoms with E-state index in [1.807, 2.05) is 18.2 Å². The van der Waals surface area contributed by atoms with Gasteiger partial charge in [-0.15, -0.1) is 6.58 Å². The van der Waals surface area contributed by atoms with Crippen LogP contribution in [0.3, 0.4) is 0 Å². The minimum atomic E-state index is 0.653. The summed E-state index contributed by atoms with van der Waals surface area (Å²) in [4.78, 5) is 0. The van der Waals surface area contributed by atoms with Gasteiger partial charge >= 0.3 is 0 Å². The highest BCUT2D eigenvalue weighted by molar-refractivity contribution is 5.43. The highest BCUT2D eigenvalue weighted by Crippen LogP contribution is 2.28. The molecule has 0 spiro atoms. The van der Waals surface area contributed by atoms with Crippen molar-refractivity contribution in [3.05, 3.63) is 36.4 Å². The smallest absolute Gasteiger partial charge is 0.161 e. The van der Waals surface area contributed by atoms with Crippen molar-refractivity contribution in [2.24, 2.45) is 0 Å². The molecule has 0 saturated heterocycles. The van der Waals surface area contributed by atoms with Crippen LogP contribution in [0.5, 0.6) is 11.5 Å². The van der Waals surface area contributed by atoms with Gasteiger partial charge in [-0.1, -0.05) is 19.1 Å². The molecule has 2 N–H and O–H groups in total. The largest absolute Gasteiger partial charge is 0.493 e. The zero-order valence-electron chi connectivity index (χ0n) is 12.3. The minimum absolute atomic E-state index is 0.653. The fraction of sp³-hybridized carbons (Fsp3) is 0.500. The molecule has 0 fully saturated rings. The number of hydrogen-bond acceptors (Lipinski definition) is 2. The van der Waals surface area contributed by atoms with E-state index in [1.165, 1.54) is 12.0 Å². The van der Waals surface area contributed by atoms with Crippen LogP contribution in [-0.4, -0.2) is 26.3 Å². The number of benzene rings is 1. The Bertz CT molecular complexity index is 390. The molecule has 0 amide bonds. The second kappa shape index (κ2) is 8.59. The Morgan fingerprint density at radius 1 is 1.37 bits per heavy atom. The fourth-order valence-electron chi connectivity index (χ4n) is 1.81. The van der Waals surface area contributed by atoms with Crippen molar-refractivity contribution in [1.29, 1.82) is 0 Å². The number of quaternary nitrogens is 1. The predicted octanol–water partition coefficient (Wildman–Crippen LogP) is 2.16. The van der Waals surface area contributed by atoms with Crippen molar-refractivity contribution in [3.8, 4) is 11.5 Å². The van der Waals surface area contributed by atoms with E-state index in [-0.39, 0.29) is 0 Å². The Balaban J connectivity index is 2.50. The Labute approximate surface area is 116 Å². The van der Waals surface area contributed by atoms with Crippen molar-refractivity contribution in [1.82, 2.24) is 0 Å². The summed E-state index contributed by atoms with van der Waals surface area (Å²) in [5.74, 6) is 1.61. The van der Waals surface area contributed by atoms with Gasteiger partial charge < -0.3 is 14.8 Å². The predicted molar refractivity (Wildman–Crippen MR) is 78.9 cm³/mol. The highest BCUT2D eigenvalue weighted by Gasteiger charge is 2.06. The molecule has 0 aromatic heterocycles. The van der Waals surface area contributed by atoms with Crippen LogP contribution >= 0.6 is 0 Å². The molecule has 3 nitrogen and oxygen atoms in total. The van der Waals surface area contributed by atoms with E-state index >= 15 is 0 Å². The van der Waals surface area contributed by atoms with Crippen LogP contribution < -0.4 is 14.8 Å². The average Bonchev–Trinajstić information content (AvgIpc) is 2.44. The zero-order valence-corrected chi connectivity index (χ0v) is 12.3. The first-order valence-corrected chi connectivity index (χ1v) is 6.95. The van der Waals surface area contributed by atoms with Crippen LogP contribution in [-0.2, 0) is 6.42 Å². The standard InChI is InChI=1S/C16H25NO2/c1-5-7-14-8-9-15(16(12-14)18-4)19-11-10-17-13(3)6-2/h5,8-9,12-13,17H,1,6-7,10-11H2,2-4H3/p+1/t13-/m1/s1. The van der Waals surface area contributed by atoms with Crippen LogP contribution in [0, 0.1) is 0 Å². The molecule has 1 atom stereocenters. The molecule has 0 saturated carbocycles. The second-order valence-corrected chi connectivity index (χ2v) is 4.74. The lowest BCUT2D eigenvalue weighted by molar-refractivity contribution is -0.686. The van der Waals surface area contributed by atoms with E-state index in [0.29, 0.717) is 12.6 Å². The van der Waals surface area contributed by atoms with Crippen molar-refractivity contribution < 1.29 is 14.8 Å². The maximum absolute atomic E-state index is 5.77. The monoisotopic (exact) mass is 264 g/mol. The van der Waals surface area contributed by atoms with Crippen LogP contribution in [0.15, 0.2) is 30.9 Å². The highest BCUT2D eigenvalue weighted by atomic mass is 16.5. The number of ether oxygens (including phenoxy) is 2. The molecular weight excluding hydrogens is 238 g/mol. The van der Waals surface area contributed by atoms with E-state index < -0.39 is 0 Å². The first kappa shape index (κ1) is 15.6. The normalized spacial score (nSPS) is 11.9. The molecule has 1 rings (SSSR count). The van der Waals surface area contributed by atoms with Gasteiger partial charge in [0, 0.05) is 0 Å².